The molecule has 0 aromatic carbocycles. The largest absolute Gasteiger partial charge is 0.337 e. The summed E-state index contributed by atoms with van der Waals surface area (Å²) >= 11 is 1.25. The van der Waals surface area contributed by atoms with Crippen LogP contribution < -0.4 is 10.2 Å². The zero-order valence-corrected chi connectivity index (χ0v) is 13.2. The molecule has 1 fully saturated rings. The first-order chi connectivity index (χ1) is 10.1. The van der Waals surface area contributed by atoms with E-state index in [1.165, 1.54) is 11.3 Å². The van der Waals surface area contributed by atoms with Gasteiger partial charge in [0.1, 0.15) is 6.54 Å². The fourth-order valence-corrected chi connectivity index (χ4v) is 3.30. The lowest BCUT2D eigenvalue weighted by Crippen LogP contribution is -2.44. The molecule has 8 heteroatoms. The zero-order valence-electron chi connectivity index (χ0n) is 12.4. The summed E-state index contributed by atoms with van der Waals surface area (Å²) < 4.78 is 7.00. The van der Waals surface area contributed by atoms with E-state index in [1.807, 2.05) is 13.8 Å². The molecule has 1 N–H and O–H groups in total. The predicted octanol–water partition coefficient (Wildman–Crippen LogP) is 0.534. The van der Waals surface area contributed by atoms with Crippen LogP contribution in [0, 0.1) is 13.8 Å². The van der Waals surface area contributed by atoms with Gasteiger partial charge in [-0.05, 0) is 20.9 Å². The van der Waals surface area contributed by atoms with Crippen LogP contribution in [-0.2, 0) is 6.54 Å². The number of piperazine rings is 1. The third-order valence-corrected chi connectivity index (χ3v) is 4.96. The van der Waals surface area contributed by atoms with Crippen LogP contribution in [0.4, 0.5) is 0 Å². The standard InChI is InChI=1S/C13H19N5O2S/c1-8-9(2)21-13(19)18(8)7-11-15-12(16-20-11)10-6-14-4-5-17(10)3/h10,14H,4-7H2,1-3H3. The zero-order chi connectivity index (χ0) is 15.0. The number of aromatic nitrogens is 3. The van der Waals surface area contributed by atoms with Gasteiger partial charge in [0.05, 0.1) is 6.04 Å². The maximum absolute atomic E-state index is 11.9. The topological polar surface area (TPSA) is 76.2 Å². The first-order valence-electron chi connectivity index (χ1n) is 6.96. The van der Waals surface area contributed by atoms with Crippen LogP contribution in [-0.4, -0.2) is 46.3 Å². The fourth-order valence-electron chi connectivity index (χ4n) is 2.47. The summed E-state index contributed by atoms with van der Waals surface area (Å²) in [6.07, 6.45) is 0. The van der Waals surface area contributed by atoms with Crippen LogP contribution in [0.15, 0.2) is 9.32 Å². The van der Waals surface area contributed by atoms with Crippen molar-refractivity contribution in [2.45, 2.75) is 26.4 Å². The molecule has 0 spiro atoms. The highest BCUT2D eigenvalue weighted by molar-refractivity contribution is 7.09. The van der Waals surface area contributed by atoms with Gasteiger partial charge in [-0.25, -0.2) is 0 Å². The monoisotopic (exact) mass is 309 g/mol. The van der Waals surface area contributed by atoms with Crippen molar-refractivity contribution in [2.24, 2.45) is 0 Å². The van der Waals surface area contributed by atoms with Crippen LogP contribution in [0.25, 0.3) is 0 Å². The quantitative estimate of drug-likeness (QED) is 0.891. The van der Waals surface area contributed by atoms with Gasteiger partial charge in [0.25, 0.3) is 0 Å². The van der Waals surface area contributed by atoms with E-state index in [2.05, 4.69) is 27.4 Å². The minimum atomic E-state index is 0.0150. The number of likely N-dealkylation sites (N-methyl/N-ethyl adjacent to an activating group) is 1. The number of aryl methyl sites for hydroxylation is 1. The highest BCUT2D eigenvalue weighted by atomic mass is 32.1. The first-order valence-corrected chi connectivity index (χ1v) is 7.78. The van der Waals surface area contributed by atoms with Crippen molar-refractivity contribution in [1.82, 2.24) is 24.9 Å². The van der Waals surface area contributed by atoms with E-state index in [0.29, 0.717) is 18.3 Å². The lowest BCUT2D eigenvalue weighted by Gasteiger charge is -2.30. The molecule has 1 atom stereocenters. The Balaban J connectivity index is 1.80. The van der Waals surface area contributed by atoms with E-state index < -0.39 is 0 Å². The lowest BCUT2D eigenvalue weighted by atomic mass is 10.2. The van der Waals surface area contributed by atoms with E-state index in [9.17, 15) is 4.79 Å². The molecular formula is C13H19N5O2S. The summed E-state index contributed by atoms with van der Waals surface area (Å²) in [5.74, 6) is 1.16. The van der Waals surface area contributed by atoms with Gasteiger partial charge in [0.2, 0.25) is 5.89 Å². The van der Waals surface area contributed by atoms with Crippen molar-refractivity contribution in [3.8, 4) is 0 Å². The van der Waals surface area contributed by atoms with Gasteiger partial charge < -0.3 is 9.84 Å². The highest BCUT2D eigenvalue weighted by Gasteiger charge is 2.25. The summed E-state index contributed by atoms with van der Waals surface area (Å²) in [5.41, 5.74) is 0.959. The fraction of sp³-hybridized carbons (Fsp3) is 0.615. The Morgan fingerprint density at radius 1 is 1.48 bits per heavy atom. The van der Waals surface area contributed by atoms with E-state index in [4.69, 9.17) is 4.52 Å². The number of nitrogens with zero attached hydrogens (tertiary/aromatic N) is 4. The van der Waals surface area contributed by atoms with Gasteiger partial charge in [-0.3, -0.25) is 14.3 Å². The van der Waals surface area contributed by atoms with Gasteiger partial charge >= 0.3 is 4.87 Å². The van der Waals surface area contributed by atoms with Crippen LogP contribution >= 0.6 is 11.3 Å². The average Bonchev–Trinajstić information content (AvgIpc) is 3.01. The van der Waals surface area contributed by atoms with Crippen LogP contribution in [0.5, 0.6) is 0 Å². The molecule has 2 aromatic heterocycles. The molecule has 7 nitrogen and oxygen atoms in total. The van der Waals surface area contributed by atoms with E-state index in [1.54, 1.807) is 4.57 Å². The number of hydrogen-bond acceptors (Lipinski definition) is 7. The van der Waals surface area contributed by atoms with Crippen molar-refractivity contribution < 1.29 is 4.52 Å². The molecule has 0 radical (unpaired) electrons. The minimum absolute atomic E-state index is 0.0150. The first kappa shape index (κ1) is 14.4. The summed E-state index contributed by atoms with van der Waals surface area (Å²) in [6.45, 7) is 6.96. The van der Waals surface area contributed by atoms with Crippen molar-refractivity contribution in [2.75, 3.05) is 26.7 Å². The molecule has 21 heavy (non-hydrogen) atoms. The molecule has 1 aliphatic rings. The number of hydrogen-bond donors (Lipinski definition) is 1. The molecule has 0 saturated carbocycles. The van der Waals surface area contributed by atoms with E-state index in [-0.39, 0.29) is 10.9 Å². The molecule has 114 valence electrons. The third-order valence-electron chi connectivity index (χ3n) is 3.96. The molecule has 1 unspecified atom stereocenters. The van der Waals surface area contributed by atoms with Gasteiger partial charge in [-0.1, -0.05) is 16.5 Å². The second-order valence-corrected chi connectivity index (χ2v) is 6.51. The number of thiazole rings is 1. The van der Waals surface area contributed by atoms with Crippen LogP contribution in [0.3, 0.4) is 0 Å². The normalized spacial score (nSPS) is 20.0. The number of rotatable bonds is 3. The summed E-state index contributed by atoms with van der Waals surface area (Å²) in [6, 6.07) is 0.123. The Morgan fingerprint density at radius 3 is 2.95 bits per heavy atom. The van der Waals surface area contributed by atoms with Crippen molar-refractivity contribution >= 4 is 11.3 Å². The Bertz CT molecular complexity index is 689. The predicted molar refractivity (Wildman–Crippen MR) is 79.7 cm³/mol. The van der Waals surface area contributed by atoms with Crippen molar-refractivity contribution in [3.05, 3.63) is 32.0 Å². The van der Waals surface area contributed by atoms with Gasteiger partial charge in [0, 0.05) is 30.2 Å². The lowest BCUT2D eigenvalue weighted by molar-refractivity contribution is 0.190. The minimum Gasteiger partial charge on any atom is -0.337 e. The van der Waals surface area contributed by atoms with Crippen LogP contribution in [0.2, 0.25) is 0 Å². The Labute approximate surface area is 126 Å². The molecule has 2 aromatic rings. The molecule has 1 aliphatic heterocycles. The Kier molecular flexibility index (Phi) is 3.92. The SMILES string of the molecule is Cc1sc(=O)n(Cc2nc(C3CNCCN3C)no2)c1C. The molecular weight excluding hydrogens is 290 g/mol. The molecule has 1 saturated heterocycles. The van der Waals surface area contributed by atoms with Gasteiger partial charge in [-0.2, -0.15) is 4.98 Å². The number of nitrogens with one attached hydrogen (secondary N) is 1. The maximum atomic E-state index is 11.9. The second kappa shape index (κ2) is 5.70. The summed E-state index contributed by atoms with van der Waals surface area (Å²) in [5, 5.41) is 7.40. The molecule has 0 aliphatic carbocycles. The molecule has 0 bridgehead atoms. The van der Waals surface area contributed by atoms with E-state index >= 15 is 0 Å². The van der Waals surface area contributed by atoms with Gasteiger partial charge in [0.15, 0.2) is 5.82 Å². The summed E-state index contributed by atoms with van der Waals surface area (Å²) in [7, 11) is 2.05. The Hall–Kier alpha value is -1.51. The summed E-state index contributed by atoms with van der Waals surface area (Å²) in [4.78, 5) is 19.6. The smallest absolute Gasteiger partial charge is 0.308 e. The van der Waals surface area contributed by atoms with E-state index in [0.717, 1.165) is 30.2 Å². The maximum Gasteiger partial charge on any atom is 0.308 e. The molecule has 0 amide bonds. The van der Waals surface area contributed by atoms with Crippen molar-refractivity contribution in [3.63, 3.8) is 0 Å². The molecule has 3 rings (SSSR count). The third kappa shape index (κ3) is 2.78. The van der Waals surface area contributed by atoms with Gasteiger partial charge in [-0.15, -0.1) is 0 Å². The highest BCUT2D eigenvalue weighted by Crippen LogP contribution is 2.18. The van der Waals surface area contributed by atoms with Crippen molar-refractivity contribution in [1.29, 1.82) is 0 Å². The second-order valence-electron chi connectivity index (χ2n) is 5.34. The van der Waals surface area contributed by atoms with Crippen LogP contribution in [0.1, 0.15) is 28.3 Å². The average molecular weight is 309 g/mol. The molecule has 3 heterocycles. The Morgan fingerprint density at radius 2 is 2.29 bits per heavy atom.